The van der Waals surface area contributed by atoms with Gasteiger partial charge in [0.25, 0.3) is 10.0 Å². The Morgan fingerprint density at radius 1 is 1.13 bits per heavy atom. The zero-order chi connectivity index (χ0) is 16.6. The average Bonchev–Trinajstić information content (AvgIpc) is 2.90. The van der Waals surface area contributed by atoms with Crippen LogP contribution in [-0.2, 0) is 21.2 Å². The minimum absolute atomic E-state index is 0.0320. The maximum Gasteiger partial charge on any atom is 0.339 e. The van der Waals surface area contributed by atoms with E-state index in [9.17, 15) is 13.2 Å². The summed E-state index contributed by atoms with van der Waals surface area (Å²) in [5, 5.41) is 0. The van der Waals surface area contributed by atoms with Gasteiger partial charge in [0.2, 0.25) is 0 Å². The molecular weight excluding hydrogens is 314 g/mol. The van der Waals surface area contributed by atoms with Crippen LogP contribution in [0.2, 0.25) is 0 Å². The van der Waals surface area contributed by atoms with Crippen LogP contribution in [-0.4, -0.2) is 27.5 Å². The first-order valence-corrected chi connectivity index (χ1v) is 8.70. The zero-order valence-corrected chi connectivity index (χ0v) is 13.7. The molecule has 0 N–H and O–H groups in total. The third kappa shape index (κ3) is 2.49. The predicted octanol–water partition coefficient (Wildman–Crippen LogP) is 2.61. The van der Waals surface area contributed by atoms with Crippen LogP contribution in [0.25, 0.3) is 0 Å². The maximum absolute atomic E-state index is 13.2. The number of fused-ring (bicyclic) bond motifs is 1. The van der Waals surface area contributed by atoms with Crippen molar-refractivity contribution in [2.45, 2.75) is 24.3 Å². The lowest BCUT2D eigenvalue weighted by molar-refractivity contribution is 0.0596. The molecule has 3 rings (SSSR count). The van der Waals surface area contributed by atoms with Crippen LogP contribution in [0.3, 0.4) is 0 Å². The van der Waals surface area contributed by atoms with Crippen molar-refractivity contribution in [2.24, 2.45) is 0 Å². The summed E-state index contributed by atoms with van der Waals surface area (Å²) in [6.45, 7) is 1.86. The molecule has 0 amide bonds. The van der Waals surface area contributed by atoms with E-state index >= 15 is 0 Å². The van der Waals surface area contributed by atoms with Gasteiger partial charge < -0.3 is 4.74 Å². The first-order valence-electron chi connectivity index (χ1n) is 7.26. The van der Waals surface area contributed by atoms with E-state index in [1.807, 2.05) is 25.1 Å². The van der Waals surface area contributed by atoms with Crippen LogP contribution >= 0.6 is 0 Å². The summed E-state index contributed by atoms with van der Waals surface area (Å²) in [5.41, 5.74) is 1.70. The van der Waals surface area contributed by atoms with Crippen molar-refractivity contribution in [3.05, 3.63) is 59.7 Å². The summed E-state index contributed by atoms with van der Waals surface area (Å²) in [7, 11) is -2.62. The molecule has 0 fully saturated rings. The van der Waals surface area contributed by atoms with Crippen LogP contribution in [0.4, 0.5) is 5.69 Å². The van der Waals surface area contributed by atoms with Crippen LogP contribution in [0.1, 0.15) is 22.8 Å². The Hall–Kier alpha value is -2.34. The highest BCUT2D eigenvalue weighted by atomic mass is 32.2. The van der Waals surface area contributed by atoms with Gasteiger partial charge in [0.15, 0.2) is 0 Å². The number of nitrogens with zero attached hydrogens (tertiary/aromatic N) is 1. The number of esters is 1. The van der Waals surface area contributed by atoms with E-state index in [1.54, 1.807) is 18.2 Å². The molecule has 1 aliphatic heterocycles. The molecule has 0 bridgehead atoms. The van der Waals surface area contributed by atoms with Crippen molar-refractivity contribution in [3.8, 4) is 0 Å². The Labute approximate surface area is 135 Å². The van der Waals surface area contributed by atoms with Crippen LogP contribution in [0, 0.1) is 0 Å². The topological polar surface area (TPSA) is 63.7 Å². The van der Waals surface area contributed by atoms with Crippen LogP contribution < -0.4 is 4.31 Å². The average molecular weight is 331 g/mol. The van der Waals surface area contributed by atoms with Gasteiger partial charge in [0.1, 0.15) is 4.90 Å². The Balaban J connectivity index is 2.16. The van der Waals surface area contributed by atoms with Crippen molar-refractivity contribution in [1.29, 1.82) is 0 Å². The summed E-state index contributed by atoms with van der Waals surface area (Å²) in [4.78, 5) is 11.9. The molecule has 1 unspecified atom stereocenters. The molecule has 23 heavy (non-hydrogen) atoms. The van der Waals surface area contributed by atoms with Gasteiger partial charge in [-0.15, -0.1) is 0 Å². The third-order valence-electron chi connectivity index (χ3n) is 3.97. The summed E-state index contributed by atoms with van der Waals surface area (Å²) in [6.07, 6.45) is 0.649. The van der Waals surface area contributed by atoms with E-state index in [0.717, 1.165) is 5.56 Å². The fourth-order valence-corrected chi connectivity index (χ4v) is 4.86. The Morgan fingerprint density at radius 3 is 2.52 bits per heavy atom. The van der Waals surface area contributed by atoms with E-state index < -0.39 is 16.0 Å². The van der Waals surface area contributed by atoms with Crippen molar-refractivity contribution >= 4 is 21.7 Å². The summed E-state index contributed by atoms with van der Waals surface area (Å²) in [6, 6.07) is 13.3. The monoisotopic (exact) mass is 331 g/mol. The van der Waals surface area contributed by atoms with Gasteiger partial charge in [0.05, 0.1) is 18.4 Å². The molecule has 120 valence electrons. The molecule has 0 aliphatic carbocycles. The summed E-state index contributed by atoms with van der Waals surface area (Å²) < 4.78 is 32.4. The lowest BCUT2D eigenvalue weighted by Gasteiger charge is -2.25. The van der Waals surface area contributed by atoms with E-state index in [0.29, 0.717) is 12.1 Å². The van der Waals surface area contributed by atoms with E-state index in [2.05, 4.69) is 0 Å². The molecule has 0 saturated heterocycles. The van der Waals surface area contributed by atoms with E-state index in [4.69, 9.17) is 4.74 Å². The Kier molecular flexibility index (Phi) is 3.85. The van der Waals surface area contributed by atoms with Crippen molar-refractivity contribution < 1.29 is 17.9 Å². The number of sulfonamides is 1. The molecule has 2 aromatic rings. The van der Waals surface area contributed by atoms with Crippen molar-refractivity contribution in [3.63, 3.8) is 0 Å². The third-order valence-corrected chi connectivity index (χ3v) is 5.96. The first kappa shape index (κ1) is 15.6. The van der Waals surface area contributed by atoms with Crippen LogP contribution in [0.5, 0.6) is 0 Å². The lowest BCUT2D eigenvalue weighted by atomic mass is 10.1. The molecule has 1 aliphatic rings. The number of carbonyl (C=O) groups is 1. The van der Waals surface area contributed by atoms with E-state index in [1.165, 1.54) is 23.5 Å². The predicted molar refractivity (Wildman–Crippen MR) is 87.1 cm³/mol. The molecule has 0 aromatic heterocycles. The smallest absolute Gasteiger partial charge is 0.339 e. The van der Waals surface area contributed by atoms with Gasteiger partial charge >= 0.3 is 5.97 Å². The second kappa shape index (κ2) is 5.70. The highest BCUT2D eigenvalue weighted by Crippen LogP contribution is 2.37. The minimum atomic E-state index is -3.85. The second-order valence-corrected chi connectivity index (χ2v) is 7.25. The number of para-hydroxylation sites is 1. The number of carbonyl (C=O) groups excluding carboxylic acids is 1. The Morgan fingerprint density at radius 2 is 1.78 bits per heavy atom. The summed E-state index contributed by atoms with van der Waals surface area (Å²) in [5.74, 6) is -0.663. The number of hydrogen-bond donors (Lipinski definition) is 0. The summed E-state index contributed by atoms with van der Waals surface area (Å²) >= 11 is 0. The normalized spacial score (nSPS) is 17.0. The molecule has 0 radical (unpaired) electrons. The van der Waals surface area contributed by atoms with Crippen molar-refractivity contribution in [2.75, 3.05) is 11.4 Å². The lowest BCUT2D eigenvalue weighted by Crippen LogP contribution is -2.36. The fraction of sp³-hybridized carbons (Fsp3) is 0.235. The number of methoxy groups -OCH3 is 1. The molecule has 1 heterocycles. The van der Waals surface area contributed by atoms with Crippen molar-refractivity contribution in [1.82, 2.24) is 0 Å². The van der Waals surface area contributed by atoms with Gasteiger partial charge in [-0.05, 0) is 37.1 Å². The minimum Gasteiger partial charge on any atom is -0.465 e. The second-order valence-electron chi connectivity index (χ2n) is 5.47. The highest BCUT2D eigenvalue weighted by molar-refractivity contribution is 7.93. The van der Waals surface area contributed by atoms with Crippen LogP contribution in [0.15, 0.2) is 53.4 Å². The van der Waals surface area contributed by atoms with Gasteiger partial charge in [-0.2, -0.15) is 0 Å². The SMILES string of the molecule is COC(=O)c1ccccc1S(=O)(=O)N1c2ccccc2CC1C. The molecule has 2 aromatic carbocycles. The fourth-order valence-electron chi connectivity index (χ4n) is 2.98. The number of benzene rings is 2. The van der Waals surface area contributed by atoms with Gasteiger partial charge in [-0.25, -0.2) is 13.2 Å². The standard InChI is InChI=1S/C17H17NO4S/c1-12-11-13-7-3-5-9-15(13)18(12)23(20,21)16-10-6-4-8-14(16)17(19)22-2/h3-10,12H,11H2,1-2H3. The first-order chi connectivity index (χ1) is 11.0. The number of ether oxygens (including phenoxy) is 1. The molecule has 1 atom stereocenters. The molecule has 0 spiro atoms. The van der Waals surface area contributed by atoms with Gasteiger partial charge in [-0.3, -0.25) is 4.31 Å². The quantitative estimate of drug-likeness (QED) is 0.811. The molecule has 6 heteroatoms. The number of rotatable bonds is 3. The number of hydrogen-bond acceptors (Lipinski definition) is 4. The van der Waals surface area contributed by atoms with E-state index in [-0.39, 0.29) is 16.5 Å². The maximum atomic E-state index is 13.2. The van der Waals surface area contributed by atoms with Gasteiger partial charge in [-0.1, -0.05) is 30.3 Å². The molecular formula is C17H17NO4S. The zero-order valence-electron chi connectivity index (χ0n) is 12.9. The van der Waals surface area contributed by atoms with Gasteiger partial charge in [0, 0.05) is 6.04 Å². The highest BCUT2D eigenvalue weighted by Gasteiger charge is 2.37. The molecule has 5 nitrogen and oxygen atoms in total. The molecule has 0 saturated carbocycles. The largest absolute Gasteiger partial charge is 0.465 e. The Bertz CT molecular complexity index is 860. The number of anilines is 1.